The van der Waals surface area contributed by atoms with Crippen LogP contribution in [-0.2, 0) is 6.54 Å². The minimum Gasteiger partial charge on any atom is -0.387 e. The maximum absolute atomic E-state index is 13.3. The van der Waals surface area contributed by atoms with Crippen LogP contribution in [0.1, 0.15) is 24.3 Å². The zero-order valence-electron chi connectivity index (χ0n) is 9.14. The van der Waals surface area contributed by atoms with Crippen LogP contribution in [0, 0.1) is 5.82 Å². The highest BCUT2D eigenvalue weighted by Crippen LogP contribution is 2.21. The topological polar surface area (TPSA) is 50.9 Å². The molecule has 0 fully saturated rings. The highest BCUT2D eigenvalue weighted by atomic mass is 79.9. The van der Waals surface area contributed by atoms with Crippen LogP contribution in [0.5, 0.6) is 0 Å². The van der Waals surface area contributed by atoms with Gasteiger partial charge < -0.3 is 5.11 Å². The quantitative estimate of drug-likeness (QED) is 0.946. The number of rotatable bonds is 3. The van der Waals surface area contributed by atoms with Gasteiger partial charge in [0.25, 0.3) is 0 Å². The van der Waals surface area contributed by atoms with Crippen LogP contribution in [0.15, 0.2) is 28.9 Å². The van der Waals surface area contributed by atoms with E-state index in [1.54, 1.807) is 29.9 Å². The van der Waals surface area contributed by atoms with Crippen LogP contribution in [0.3, 0.4) is 0 Å². The van der Waals surface area contributed by atoms with E-state index in [1.807, 2.05) is 0 Å². The first-order valence-electron chi connectivity index (χ1n) is 5.09. The van der Waals surface area contributed by atoms with Crippen LogP contribution < -0.4 is 0 Å². The monoisotopic (exact) mass is 299 g/mol. The number of aromatic nitrogens is 3. The summed E-state index contributed by atoms with van der Waals surface area (Å²) in [5.74, 6) is -0.307. The summed E-state index contributed by atoms with van der Waals surface area (Å²) in [5.41, 5.74) is 1.27. The summed E-state index contributed by atoms with van der Waals surface area (Å²) in [4.78, 5) is 0. The van der Waals surface area contributed by atoms with Gasteiger partial charge in [0.2, 0.25) is 0 Å². The Labute approximate surface area is 106 Å². The van der Waals surface area contributed by atoms with Crippen molar-refractivity contribution >= 4 is 15.9 Å². The zero-order chi connectivity index (χ0) is 12.4. The van der Waals surface area contributed by atoms with Crippen LogP contribution in [0.4, 0.5) is 4.39 Å². The highest BCUT2D eigenvalue weighted by molar-refractivity contribution is 9.10. The summed E-state index contributed by atoms with van der Waals surface area (Å²) >= 11 is 3.19. The molecule has 0 aliphatic rings. The summed E-state index contributed by atoms with van der Waals surface area (Å²) in [6.07, 6.45) is 0.988. The van der Waals surface area contributed by atoms with Crippen molar-refractivity contribution < 1.29 is 9.50 Å². The minimum atomic E-state index is -0.653. The smallest absolute Gasteiger partial charge is 0.137 e. The Balaban J connectivity index is 2.22. The molecule has 0 aliphatic heterocycles. The van der Waals surface area contributed by atoms with Crippen LogP contribution >= 0.6 is 15.9 Å². The molecule has 1 heterocycles. The predicted molar refractivity (Wildman–Crippen MR) is 63.9 cm³/mol. The molecule has 1 unspecified atom stereocenters. The molecule has 4 nitrogen and oxygen atoms in total. The third-order valence-electron chi connectivity index (χ3n) is 2.35. The molecular weight excluding hydrogens is 289 g/mol. The van der Waals surface area contributed by atoms with Crippen molar-refractivity contribution in [3.8, 4) is 0 Å². The molecule has 2 aromatic rings. The Morgan fingerprint density at radius 3 is 2.94 bits per heavy atom. The average molecular weight is 300 g/mol. The predicted octanol–water partition coefficient (Wildman–Crippen LogP) is 2.28. The van der Waals surface area contributed by atoms with E-state index in [0.29, 0.717) is 16.7 Å². The maximum Gasteiger partial charge on any atom is 0.137 e. The van der Waals surface area contributed by atoms with Gasteiger partial charge in [-0.2, -0.15) is 0 Å². The van der Waals surface area contributed by atoms with Gasteiger partial charge >= 0.3 is 0 Å². The van der Waals surface area contributed by atoms with Gasteiger partial charge in [0, 0.05) is 0 Å². The fourth-order valence-corrected chi connectivity index (χ4v) is 1.82. The molecule has 0 aliphatic carbocycles. The Morgan fingerprint density at radius 2 is 2.29 bits per heavy atom. The van der Waals surface area contributed by atoms with Crippen molar-refractivity contribution in [2.75, 3.05) is 0 Å². The third-order valence-corrected chi connectivity index (χ3v) is 3.24. The van der Waals surface area contributed by atoms with Gasteiger partial charge in [-0.25, -0.2) is 9.07 Å². The van der Waals surface area contributed by atoms with E-state index >= 15 is 0 Å². The summed E-state index contributed by atoms with van der Waals surface area (Å²) in [6, 6.07) is 4.83. The van der Waals surface area contributed by atoms with Crippen LogP contribution in [-0.4, -0.2) is 20.1 Å². The summed E-state index contributed by atoms with van der Waals surface area (Å²) in [7, 11) is 0. The lowest BCUT2D eigenvalue weighted by Crippen LogP contribution is -2.02. The molecule has 0 bridgehead atoms. The Morgan fingerprint density at radius 1 is 1.53 bits per heavy atom. The molecule has 0 radical (unpaired) electrons. The van der Waals surface area contributed by atoms with E-state index in [4.69, 9.17) is 0 Å². The number of hydrogen-bond donors (Lipinski definition) is 1. The Hall–Kier alpha value is -1.27. The molecule has 0 saturated heterocycles. The number of aliphatic hydroxyl groups excluding tert-OH is 1. The fraction of sp³-hybridized carbons (Fsp3) is 0.273. The van der Waals surface area contributed by atoms with Gasteiger partial charge in [-0.05, 0) is 34.5 Å². The molecule has 2 rings (SSSR count). The van der Waals surface area contributed by atoms with Crippen molar-refractivity contribution in [3.63, 3.8) is 0 Å². The van der Waals surface area contributed by atoms with E-state index in [2.05, 4.69) is 26.2 Å². The molecule has 90 valence electrons. The first-order valence-corrected chi connectivity index (χ1v) is 5.88. The summed E-state index contributed by atoms with van der Waals surface area (Å²) < 4.78 is 15.3. The molecule has 1 N–H and O–H groups in total. The first-order chi connectivity index (χ1) is 8.08. The second-order valence-electron chi connectivity index (χ2n) is 3.73. The second kappa shape index (κ2) is 4.93. The molecule has 1 aromatic carbocycles. The Kier molecular flexibility index (Phi) is 3.54. The van der Waals surface area contributed by atoms with Crippen LogP contribution in [0.25, 0.3) is 0 Å². The standard InChI is InChI=1S/C11H11BrFN3O/c1-7(17)10-6-16(15-14-10)5-8-3-2-4-9(13)11(8)12/h2-4,6-7,17H,5H2,1H3. The fourth-order valence-electron chi connectivity index (χ4n) is 1.43. The van der Waals surface area contributed by atoms with E-state index in [9.17, 15) is 9.50 Å². The first kappa shape index (κ1) is 12.2. The van der Waals surface area contributed by atoms with Crippen molar-refractivity contribution in [2.24, 2.45) is 0 Å². The molecule has 1 aromatic heterocycles. The van der Waals surface area contributed by atoms with E-state index < -0.39 is 6.10 Å². The van der Waals surface area contributed by atoms with Gasteiger partial charge in [0.05, 0.1) is 23.3 Å². The molecule has 6 heteroatoms. The lowest BCUT2D eigenvalue weighted by Gasteiger charge is -2.04. The van der Waals surface area contributed by atoms with Gasteiger partial charge in [-0.3, -0.25) is 0 Å². The van der Waals surface area contributed by atoms with Crippen molar-refractivity contribution in [1.29, 1.82) is 0 Å². The van der Waals surface area contributed by atoms with Crippen molar-refractivity contribution in [1.82, 2.24) is 15.0 Å². The number of halogens is 2. The van der Waals surface area contributed by atoms with Gasteiger partial charge in [-0.15, -0.1) is 5.10 Å². The number of benzene rings is 1. The van der Waals surface area contributed by atoms with E-state index in [0.717, 1.165) is 5.56 Å². The largest absolute Gasteiger partial charge is 0.387 e. The molecule has 0 amide bonds. The van der Waals surface area contributed by atoms with E-state index in [-0.39, 0.29) is 5.82 Å². The molecular formula is C11H11BrFN3O. The van der Waals surface area contributed by atoms with Gasteiger partial charge in [-0.1, -0.05) is 17.3 Å². The summed E-state index contributed by atoms with van der Waals surface area (Å²) in [6.45, 7) is 2.02. The second-order valence-corrected chi connectivity index (χ2v) is 4.52. The van der Waals surface area contributed by atoms with Crippen LogP contribution in [0.2, 0.25) is 0 Å². The Bertz CT molecular complexity index is 527. The lowest BCUT2D eigenvalue weighted by molar-refractivity contribution is 0.194. The maximum atomic E-state index is 13.3. The van der Waals surface area contributed by atoms with Gasteiger partial charge in [0.1, 0.15) is 11.5 Å². The normalized spacial score (nSPS) is 12.7. The number of aliphatic hydroxyl groups is 1. The minimum absolute atomic E-state index is 0.307. The summed E-state index contributed by atoms with van der Waals surface area (Å²) in [5, 5.41) is 17.0. The molecule has 0 spiro atoms. The van der Waals surface area contributed by atoms with Crippen molar-refractivity contribution in [2.45, 2.75) is 19.6 Å². The third kappa shape index (κ3) is 2.70. The highest BCUT2D eigenvalue weighted by Gasteiger charge is 2.09. The van der Waals surface area contributed by atoms with Gasteiger partial charge in [0.15, 0.2) is 0 Å². The zero-order valence-corrected chi connectivity index (χ0v) is 10.7. The van der Waals surface area contributed by atoms with Crippen molar-refractivity contribution in [3.05, 3.63) is 45.9 Å². The molecule has 1 atom stereocenters. The number of nitrogens with zero attached hydrogens (tertiary/aromatic N) is 3. The molecule has 17 heavy (non-hydrogen) atoms. The lowest BCUT2D eigenvalue weighted by atomic mass is 10.2. The molecule has 0 saturated carbocycles. The van der Waals surface area contributed by atoms with E-state index in [1.165, 1.54) is 6.07 Å². The average Bonchev–Trinajstić information content (AvgIpc) is 2.73. The number of hydrogen-bond acceptors (Lipinski definition) is 3. The SMILES string of the molecule is CC(O)c1cn(Cc2cccc(F)c2Br)nn1.